The Morgan fingerprint density at radius 1 is 1.26 bits per heavy atom. The lowest BCUT2D eigenvalue weighted by molar-refractivity contribution is 0.0997. The van der Waals surface area contributed by atoms with E-state index in [4.69, 9.17) is 22.7 Å². The van der Waals surface area contributed by atoms with E-state index in [2.05, 4.69) is 0 Å². The first kappa shape index (κ1) is 21.5. The van der Waals surface area contributed by atoms with E-state index in [-0.39, 0.29) is 45.2 Å². The molecule has 3 rings (SSSR count). The van der Waals surface area contributed by atoms with Crippen molar-refractivity contribution in [2.45, 2.75) is 42.4 Å². The number of pyridine rings is 1. The summed E-state index contributed by atoms with van der Waals surface area (Å²) in [5.74, 6) is -0.752. The van der Waals surface area contributed by atoms with Crippen molar-refractivity contribution < 1.29 is 13.2 Å². The molecule has 0 saturated heterocycles. The van der Waals surface area contributed by atoms with Gasteiger partial charge in [0.2, 0.25) is 0 Å². The number of nitrogens with one attached hydrogen (secondary N) is 1. The first-order chi connectivity index (χ1) is 12.3. The summed E-state index contributed by atoms with van der Waals surface area (Å²) in [5, 5.41) is 8.07. The van der Waals surface area contributed by atoms with Crippen molar-refractivity contribution in [2.75, 3.05) is 0 Å². The molecule has 0 aliphatic heterocycles. The van der Waals surface area contributed by atoms with Gasteiger partial charge in [0.15, 0.2) is 9.84 Å². The largest absolute Gasteiger partial charge is 0.365 e. The van der Waals surface area contributed by atoms with Crippen LogP contribution >= 0.6 is 24.0 Å². The van der Waals surface area contributed by atoms with Gasteiger partial charge in [-0.25, -0.2) is 8.42 Å². The van der Waals surface area contributed by atoms with Gasteiger partial charge in [-0.05, 0) is 30.5 Å². The monoisotopic (exact) mass is 429 g/mol. The molecule has 1 aromatic heterocycles. The van der Waals surface area contributed by atoms with Gasteiger partial charge in [-0.15, -0.1) is 12.4 Å². The number of sulfone groups is 1. The second-order valence-electron chi connectivity index (χ2n) is 6.47. The van der Waals surface area contributed by atoms with Crippen LogP contribution in [0.2, 0.25) is 5.02 Å². The molecule has 1 heterocycles. The van der Waals surface area contributed by atoms with Gasteiger partial charge in [-0.1, -0.05) is 42.6 Å². The van der Waals surface area contributed by atoms with E-state index < -0.39 is 15.7 Å². The van der Waals surface area contributed by atoms with E-state index in [1.807, 2.05) is 0 Å². The molecule has 1 fully saturated rings. The van der Waals surface area contributed by atoms with E-state index in [1.165, 1.54) is 16.8 Å². The molecule has 1 saturated carbocycles. The fourth-order valence-electron chi connectivity index (χ4n) is 3.40. The lowest BCUT2D eigenvalue weighted by Crippen LogP contribution is -2.30. The number of carbonyl (C=O) groups excluding carboxylic acids is 1. The number of hydrogen-bond acceptors (Lipinski definition) is 4. The number of hydrogen-bond donors (Lipinski definition) is 2. The zero-order chi connectivity index (χ0) is 18.9. The quantitative estimate of drug-likeness (QED) is 0.762. The Hall–Kier alpha value is -1.83. The SMILES string of the molecule is Cl.N=c1c(C(N)=O)cc(Cl)cn1Cc1ccccc1S(=O)(=O)C1CCCC1. The Kier molecular flexibility index (Phi) is 6.72. The molecule has 0 atom stereocenters. The predicted molar refractivity (Wildman–Crippen MR) is 106 cm³/mol. The van der Waals surface area contributed by atoms with Crippen LogP contribution in [-0.4, -0.2) is 24.1 Å². The summed E-state index contributed by atoms with van der Waals surface area (Å²) >= 11 is 6.04. The maximum Gasteiger partial charge on any atom is 0.252 e. The summed E-state index contributed by atoms with van der Waals surface area (Å²) < 4.78 is 27.5. The Bertz CT molecular complexity index is 1010. The summed E-state index contributed by atoms with van der Waals surface area (Å²) in [4.78, 5) is 11.8. The molecule has 146 valence electrons. The second-order valence-corrected chi connectivity index (χ2v) is 9.10. The number of amides is 1. The maximum absolute atomic E-state index is 13.0. The molecule has 6 nitrogen and oxygen atoms in total. The van der Waals surface area contributed by atoms with E-state index in [0.29, 0.717) is 18.4 Å². The minimum absolute atomic E-state index is 0. The summed E-state index contributed by atoms with van der Waals surface area (Å²) in [7, 11) is -3.44. The van der Waals surface area contributed by atoms with Crippen LogP contribution in [0, 0.1) is 5.41 Å². The molecule has 1 amide bonds. The van der Waals surface area contributed by atoms with Crippen molar-refractivity contribution in [1.82, 2.24) is 4.57 Å². The van der Waals surface area contributed by atoms with Crippen LogP contribution in [0.4, 0.5) is 0 Å². The van der Waals surface area contributed by atoms with Crippen molar-refractivity contribution in [1.29, 1.82) is 5.41 Å². The zero-order valence-corrected chi connectivity index (χ0v) is 16.9. The van der Waals surface area contributed by atoms with E-state index in [9.17, 15) is 13.2 Å². The van der Waals surface area contributed by atoms with Crippen LogP contribution in [0.15, 0.2) is 41.4 Å². The predicted octanol–water partition coefficient (Wildman–Crippen LogP) is 2.91. The van der Waals surface area contributed by atoms with Crippen LogP contribution in [0.25, 0.3) is 0 Å². The average molecular weight is 430 g/mol. The molecule has 9 heteroatoms. The minimum atomic E-state index is -3.44. The average Bonchev–Trinajstić information content (AvgIpc) is 3.13. The van der Waals surface area contributed by atoms with Crippen molar-refractivity contribution in [3.63, 3.8) is 0 Å². The van der Waals surface area contributed by atoms with Crippen LogP contribution in [-0.2, 0) is 16.4 Å². The Morgan fingerprint density at radius 3 is 2.52 bits per heavy atom. The van der Waals surface area contributed by atoms with Gasteiger partial charge in [0.1, 0.15) is 5.49 Å². The van der Waals surface area contributed by atoms with Gasteiger partial charge in [-0.3, -0.25) is 10.2 Å². The molecule has 27 heavy (non-hydrogen) atoms. The molecular formula is C18H21Cl2N3O3S. The highest BCUT2D eigenvalue weighted by atomic mass is 35.5. The molecule has 1 aliphatic rings. The van der Waals surface area contributed by atoms with Gasteiger partial charge in [0.25, 0.3) is 5.91 Å². The Morgan fingerprint density at radius 2 is 1.89 bits per heavy atom. The third kappa shape index (κ3) is 4.36. The summed E-state index contributed by atoms with van der Waals surface area (Å²) in [6.45, 7) is 0.113. The maximum atomic E-state index is 13.0. The van der Waals surface area contributed by atoms with Crippen molar-refractivity contribution in [3.8, 4) is 0 Å². The van der Waals surface area contributed by atoms with Crippen LogP contribution < -0.4 is 11.2 Å². The molecule has 0 unspecified atom stereocenters. The Labute approximate surface area is 169 Å². The van der Waals surface area contributed by atoms with Crippen LogP contribution in [0.3, 0.4) is 0 Å². The number of carbonyl (C=O) groups is 1. The second kappa shape index (κ2) is 8.46. The number of aromatic nitrogens is 1. The number of nitrogens with zero attached hydrogens (tertiary/aromatic N) is 1. The van der Waals surface area contributed by atoms with Crippen molar-refractivity contribution in [3.05, 3.63) is 58.2 Å². The van der Waals surface area contributed by atoms with Crippen LogP contribution in [0.5, 0.6) is 0 Å². The summed E-state index contributed by atoms with van der Waals surface area (Å²) in [5.41, 5.74) is 5.76. The summed E-state index contributed by atoms with van der Waals surface area (Å²) in [6.07, 6.45) is 4.70. The summed E-state index contributed by atoms with van der Waals surface area (Å²) in [6, 6.07) is 8.12. The van der Waals surface area contributed by atoms with Gasteiger partial charge >= 0.3 is 0 Å². The molecule has 1 aromatic carbocycles. The molecule has 1 aliphatic carbocycles. The zero-order valence-electron chi connectivity index (χ0n) is 14.5. The van der Waals surface area contributed by atoms with Crippen molar-refractivity contribution >= 4 is 39.8 Å². The molecular weight excluding hydrogens is 409 g/mol. The van der Waals surface area contributed by atoms with Crippen molar-refractivity contribution in [2.24, 2.45) is 5.73 Å². The normalized spacial score (nSPS) is 14.7. The number of rotatable bonds is 5. The standard InChI is InChI=1S/C18H20ClN3O3S.ClH/c19-13-9-15(18(21)23)17(20)22(11-13)10-12-5-1-4-8-16(12)26(24,25)14-6-2-3-7-14;/h1,4-5,8-9,11,14,20H,2-3,6-7,10H2,(H2,21,23);1H. The van der Waals surface area contributed by atoms with Gasteiger partial charge < -0.3 is 10.3 Å². The first-order valence-corrected chi connectivity index (χ1v) is 10.3. The molecule has 3 N–H and O–H groups in total. The molecule has 0 bridgehead atoms. The number of benzene rings is 1. The molecule has 2 aromatic rings. The van der Waals surface area contributed by atoms with Gasteiger partial charge in [0.05, 0.1) is 27.3 Å². The van der Waals surface area contributed by atoms with E-state index >= 15 is 0 Å². The molecule has 0 radical (unpaired) electrons. The first-order valence-electron chi connectivity index (χ1n) is 8.37. The highest BCUT2D eigenvalue weighted by molar-refractivity contribution is 7.92. The van der Waals surface area contributed by atoms with Gasteiger partial charge in [-0.2, -0.15) is 0 Å². The topological polar surface area (TPSA) is 106 Å². The smallest absolute Gasteiger partial charge is 0.252 e. The molecule has 0 spiro atoms. The highest BCUT2D eigenvalue weighted by Crippen LogP contribution is 2.31. The fraction of sp³-hybridized carbons (Fsp3) is 0.333. The van der Waals surface area contributed by atoms with Crippen LogP contribution in [0.1, 0.15) is 41.6 Å². The van der Waals surface area contributed by atoms with E-state index in [0.717, 1.165) is 12.8 Å². The number of halogens is 2. The van der Waals surface area contributed by atoms with Gasteiger partial charge in [0, 0.05) is 6.20 Å². The third-order valence-electron chi connectivity index (χ3n) is 4.73. The number of nitrogens with two attached hydrogens (primary N) is 1. The number of primary amides is 1. The Balaban J connectivity index is 0.00000261. The third-order valence-corrected chi connectivity index (χ3v) is 7.30. The lowest BCUT2D eigenvalue weighted by atomic mass is 10.2. The van der Waals surface area contributed by atoms with E-state index in [1.54, 1.807) is 24.3 Å². The highest BCUT2D eigenvalue weighted by Gasteiger charge is 2.31. The lowest BCUT2D eigenvalue weighted by Gasteiger charge is -2.17. The minimum Gasteiger partial charge on any atom is -0.365 e. The fourth-order valence-corrected chi connectivity index (χ4v) is 5.70.